The molecule has 0 aliphatic rings. The number of aliphatic hydroxyl groups is 1. The van der Waals surface area contributed by atoms with Crippen molar-refractivity contribution < 1.29 is 9.90 Å². The molecule has 10 heavy (non-hydrogen) atoms. The summed E-state index contributed by atoms with van der Waals surface area (Å²) >= 11 is 0. The van der Waals surface area contributed by atoms with Gasteiger partial charge in [-0.2, -0.15) is 0 Å². The fourth-order valence-electron chi connectivity index (χ4n) is 0.410. The predicted molar refractivity (Wildman–Crippen MR) is 40.7 cm³/mol. The first kappa shape index (κ1) is 9.37. The largest absolute Gasteiger partial charge is 0.392 e. The van der Waals surface area contributed by atoms with Gasteiger partial charge in [0.2, 0.25) is 0 Å². The van der Waals surface area contributed by atoms with Gasteiger partial charge in [0.05, 0.1) is 6.61 Å². The zero-order chi connectivity index (χ0) is 8.20. The van der Waals surface area contributed by atoms with Gasteiger partial charge >= 0.3 is 0 Å². The minimum Gasteiger partial charge on any atom is -0.392 e. The van der Waals surface area contributed by atoms with Gasteiger partial charge in [-0.1, -0.05) is 26.8 Å². The quantitative estimate of drug-likeness (QED) is 0.587. The molecule has 0 atom stereocenters. The van der Waals surface area contributed by atoms with E-state index < -0.39 is 0 Å². The maximum absolute atomic E-state index is 11.0. The fourth-order valence-corrected chi connectivity index (χ4v) is 0.410. The highest BCUT2D eigenvalue weighted by Crippen LogP contribution is 2.14. The molecule has 0 rings (SSSR count). The zero-order valence-corrected chi connectivity index (χ0v) is 6.72. The van der Waals surface area contributed by atoms with Gasteiger partial charge < -0.3 is 5.11 Å². The lowest BCUT2D eigenvalue weighted by atomic mass is 9.91. The molecule has 0 aromatic rings. The predicted octanol–water partition coefficient (Wildman–Crippen LogP) is 1.15. The van der Waals surface area contributed by atoms with Crippen LogP contribution >= 0.6 is 0 Å². The van der Waals surface area contributed by atoms with Crippen LogP contribution in [0.2, 0.25) is 0 Å². The minimum absolute atomic E-state index is 0.0431. The molecule has 0 unspecified atom stereocenters. The van der Waals surface area contributed by atoms with Gasteiger partial charge in [-0.05, 0) is 6.08 Å². The Labute approximate surface area is 61.6 Å². The molecule has 2 heteroatoms. The van der Waals surface area contributed by atoms with E-state index in [2.05, 4.69) is 0 Å². The number of hydrogen-bond donors (Lipinski definition) is 1. The highest BCUT2D eigenvalue weighted by atomic mass is 16.2. The van der Waals surface area contributed by atoms with Gasteiger partial charge in [0, 0.05) is 5.41 Å². The van der Waals surface area contributed by atoms with Crippen LogP contribution in [0.25, 0.3) is 0 Å². The molecule has 0 aliphatic heterocycles. The van der Waals surface area contributed by atoms with E-state index in [1.54, 1.807) is 0 Å². The first-order chi connectivity index (χ1) is 4.48. The third-order valence-corrected chi connectivity index (χ3v) is 1.11. The average molecular weight is 142 g/mol. The molecule has 0 saturated carbocycles. The monoisotopic (exact) mass is 142 g/mol. The van der Waals surface area contributed by atoms with E-state index in [1.807, 2.05) is 20.8 Å². The lowest BCUT2D eigenvalue weighted by Gasteiger charge is -2.12. The van der Waals surface area contributed by atoms with Crippen LogP contribution in [-0.4, -0.2) is 17.5 Å². The van der Waals surface area contributed by atoms with E-state index in [4.69, 9.17) is 5.11 Å². The summed E-state index contributed by atoms with van der Waals surface area (Å²) in [5, 5.41) is 8.34. The Morgan fingerprint density at radius 2 is 2.00 bits per heavy atom. The van der Waals surface area contributed by atoms with Gasteiger partial charge in [-0.25, -0.2) is 0 Å². The molecule has 0 bridgehead atoms. The molecule has 0 saturated heterocycles. The highest BCUT2D eigenvalue weighted by Gasteiger charge is 2.17. The SMILES string of the molecule is CC(C)(C)C(=O)C=CCO. The molecule has 0 radical (unpaired) electrons. The average Bonchev–Trinajstić information content (AvgIpc) is 1.80. The van der Waals surface area contributed by atoms with Gasteiger partial charge in [0.25, 0.3) is 0 Å². The number of rotatable bonds is 2. The highest BCUT2D eigenvalue weighted by molar-refractivity contribution is 5.93. The minimum atomic E-state index is -0.328. The van der Waals surface area contributed by atoms with Crippen molar-refractivity contribution in [2.24, 2.45) is 5.41 Å². The van der Waals surface area contributed by atoms with Crippen LogP contribution < -0.4 is 0 Å². The van der Waals surface area contributed by atoms with Gasteiger partial charge in [0.1, 0.15) is 0 Å². The van der Waals surface area contributed by atoms with Crippen LogP contribution in [0.5, 0.6) is 0 Å². The maximum atomic E-state index is 11.0. The summed E-state index contributed by atoms with van der Waals surface area (Å²) < 4.78 is 0. The Hall–Kier alpha value is -0.630. The van der Waals surface area contributed by atoms with Crippen LogP contribution in [0, 0.1) is 5.41 Å². The van der Waals surface area contributed by atoms with E-state index in [-0.39, 0.29) is 17.8 Å². The lowest BCUT2D eigenvalue weighted by molar-refractivity contribution is -0.121. The van der Waals surface area contributed by atoms with Crippen molar-refractivity contribution in [3.8, 4) is 0 Å². The topological polar surface area (TPSA) is 37.3 Å². The Bertz CT molecular complexity index is 140. The standard InChI is InChI=1S/C8H14O2/c1-8(2,3)7(10)5-4-6-9/h4-5,9H,6H2,1-3H3. The molecular weight excluding hydrogens is 128 g/mol. The second kappa shape index (κ2) is 3.52. The van der Waals surface area contributed by atoms with Crippen LogP contribution in [-0.2, 0) is 4.79 Å². The first-order valence-corrected chi connectivity index (χ1v) is 3.30. The number of ketones is 1. The molecule has 0 heterocycles. The molecule has 0 fully saturated rings. The van der Waals surface area contributed by atoms with Crippen LogP contribution in [0.4, 0.5) is 0 Å². The summed E-state index contributed by atoms with van der Waals surface area (Å²) in [6.07, 6.45) is 2.87. The van der Waals surface area contributed by atoms with Gasteiger partial charge in [-0.15, -0.1) is 0 Å². The lowest BCUT2D eigenvalue weighted by Crippen LogP contribution is -2.17. The summed E-state index contributed by atoms with van der Waals surface area (Å²) in [5.74, 6) is 0.0431. The van der Waals surface area contributed by atoms with Crippen molar-refractivity contribution in [3.05, 3.63) is 12.2 Å². The molecule has 2 nitrogen and oxygen atoms in total. The first-order valence-electron chi connectivity index (χ1n) is 3.30. The Morgan fingerprint density at radius 3 is 2.30 bits per heavy atom. The maximum Gasteiger partial charge on any atom is 0.160 e. The number of carbonyl (C=O) groups is 1. The zero-order valence-electron chi connectivity index (χ0n) is 6.72. The third kappa shape index (κ3) is 3.41. The summed E-state index contributed by atoms with van der Waals surface area (Å²) in [6, 6.07) is 0. The Balaban J connectivity index is 3.98. The van der Waals surface area contributed by atoms with Crippen molar-refractivity contribution in [2.45, 2.75) is 20.8 Å². The van der Waals surface area contributed by atoms with E-state index in [1.165, 1.54) is 12.2 Å². The van der Waals surface area contributed by atoms with E-state index in [0.717, 1.165) is 0 Å². The number of carbonyl (C=O) groups excluding carboxylic acids is 1. The number of hydrogen-bond acceptors (Lipinski definition) is 2. The third-order valence-electron chi connectivity index (χ3n) is 1.11. The van der Waals surface area contributed by atoms with Gasteiger partial charge in [-0.3, -0.25) is 4.79 Å². The summed E-state index contributed by atoms with van der Waals surface area (Å²) in [4.78, 5) is 11.0. The van der Waals surface area contributed by atoms with Crippen molar-refractivity contribution in [3.63, 3.8) is 0 Å². The van der Waals surface area contributed by atoms with Crippen LogP contribution in [0.1, 0.15) is 20.8 Å². The molecule has 0 aromatic carbocycles. The summed E-state index contributed by atoms with van der Waals surface area (Å²) in [6.45, 7) is 5.47. The molecule has 58 valence electrons. The summed E-state index contributed by atoms with van der Waals surface area (Å²) in [7, 11) is 0. The van der Waals surface area contributed by atoms with Crippen molar-refractivity contribution >= 4 is 5.78 Å². The molecule has 0 aliphatic carbocycles. The number of aliphatic hydroxyl groups excluding tert-OH is 1. The Kier molecular flexibility index (Phi) is 3.30. The molecule has 0 aromatic heterocycles. The van der Waals surface area contributed by atoms with Crippen molar-refractivity contribution in [2.75, 3.05) is 6.61 Å². The normalized spacial score (nSPS) is 12.4. The van der Waals surface area contributed by atoms with Crippen LogP contribution in [0.15, 0.2) is 12.2 Å². The molecular formula is C8H14O2. The second-order valence-corrected chi connectivity index (χ2v) is 3.20. The molecule has 1 N–H and O–H groups in total. The Morgan fingerprint density at radius 1 is 1.50 bits per heavy atom. The molecule has 0 spiro atoms. The summed E-state index contributed by atoms with van der Waals surface area (Å²) in [5.41, 5.74) is -0.328. The van der Waals surface area contributed by atoms with Gasteiger partial charge in [0.15, 0.2) is 5.78 Å². The van der Waals surface area contributed by atoms with Crippen molar-refractivity contribution in [1.29, 1.82) is 0 Å². The van der Waals surface area contributed by atoms with E-state index >= 15 is 0 Å². The molecule has 0 amide bonds. The number of allylic oxidation sites excluding steroid dienone is 1. The van der Waals surface area contributed by atoms with Crippen LogP contribution in [0.3, 0.4) is 0 Å². The van der Waals surface area contributed by atoms with Crippen molar-refractivity contribution in [1.82, 2.24) is 0 Å². The second-order valence-electron chi connectivity index (χ2n) is 3.20. The van der Waals surface area contributed by atoms with E-state index in [9.17, 15) is 4.79 Å². The fraction of sp³-hybridized carbons (Fsp3) is 0.625. The van der Waals surface area contributed by atoms with E-state index in [0.29, 0.717) is 0 Å². The smallest absolute Gasteiger partial charge is 0.160 e.